The first-order valence-corrected chi connectivity index (χ1v) is 7.60. The van der Waals surface area contributed by atoms with E-state index in [2.05, 4.69) is 10.6 Å². The Labute approximate surface area is 126 Å². The highest BCUT2D eigenvalue weighted by Gasteiger charge is 2.26. The van der Waals surface area contributed by atoms with Gasteiger partial charge in [-0.3, -0.25) is 9.59 Å². The summed E-state index contributed by atoms with van der Waals surface area (Å²) in [5.74, 6) is 0.453. The van der Waals surface area contributed by atoms with Crippen LogP contribution in [0.2, 0.25) is 0 Å². The Kier molecular flexibility index (Phi) is 6.99. The van der Waals surface area contributed by atoms with Crippen molar-refractivity contribution in [1.29, 1.82) is 0 Å². The molecule has 118 valence electrons. The van der Waals surface area contributed by atoms with Crippen LogP contribution in [0, 0.1) is 11.8 Å². The van der Waals surface area contributed by atoms with Gasteiger partial charge in [0, 0.05) is 5.92 Å². The molecule has 0 aliphatic carbocycles. The minimum absolute atomic E-state index is 0.0277. The van der Waals surface area contributed by atoms with E-state index in [0.717, 1.165) is 12.8 Å². The molecule has 0 aliphatic heterocycles. The van der Waals surface area contributed by atoms with Crippen molar-refractivity contribution < 1.29 is 14.0 Å². The number of amides is 2. The van der Waals surface area contributed by atoms with Crippen molar-refractivity contribution in [2.75, 3.05) is 0 Å². The smallest absolute Gasteiger partial charge is 0.243 e. The van der Waals surface area contributed by atoms with Crippen molar-refractivity contribution in [3.8, 4) is 0 Å². The van der Waals surface area contributed by atoms with Gasteiger partial charge in [-0.05, 0) is 30.9 Å². The van der Waals surface area contributed by atoms with Gasteiger partial charge in [-0.25, -0.2) is 0 Å². The average molecular weight is 294 g/mol. The Morgan fingerprint density at radius 2 is 1.86 bits per heavy atom. The molecule has 1 aromatic heterocycles. The summed E-state index contributed by atoms with van der Waals surface area (Å²) in [7, 11) is 0. The van der Waals surface area contributed by atoms with Gasteiger partial charge in [0.05, 0.1) is 12.8 Å². The predicted octanol–water partition coefficient (Wildman–Crippen LogP) is 2.47. The van der Waals surface area contributed by atoms with E-state index in [-0.39, 0.29) is 23.7 Å². The molecule has 21 heavy (non-hydrogen) atoms. The third kappa shape index (κ3) is 5.25. The SMILES string of the molecule is CCC(CC)C(=O)N[C@@H](C(=O)NCc1ccco1)C(C)C. The number of carbonyl (C=O) groups is 2. The summed E-state index contributed by atoms with van der Waals surface area (Å²) in [6.45, 7) is 8.13. The van der Waals surface area contributed by atoms with Crippen LogP contribution in [0.4, 0.5) is 0 Å². The summed E-state index contributed by atoms with van der Waals surface area (Å²) in [5.41, 5.74) is 0. The summed E-state index contributed by atoms with van der Waals surface area (Å²) < 4.78 is 5.18. The molecular weight excluding hydrogens is 268 g/mol. The molecule has 2 N–H and O–H groups in total. The van der Waals surface area contributed by atoms with Crippen LogP contribution in [0.5, 0.6) is 0 Å². The lowest BCUT2D eigenvalue weighted by Gasteiger charge is -2.23. The molecule has 1 aromatic rings. The lowest BCUT2D eigenvalue weighted by molar-refractivity contribution is -0.132. The molecule has 0 saturated carbocycles. The maximum Gasteiger partial charge on any atom is 0.243 e. The highest BCUT2D eigenvalue weighted by molar-refractivity contribution is 5.88. The van der Waals surface area contributed by atoms with Crippen LogP contribution in [0.25, 0.3) is 0 Å². The highest BCUT2D eigenvalue weighted by atomic mass is 16.3. The van der Waals surface area contributed by atoms with E-state index >= 15 is 0 Å². The molecule has 1 atom stereocenters. The minimum atomic E-state index is -0.520. The normalized spacial score (nSPS) is 12.5. The lowest BCUT2D eigenvalue weighted by atomic mass is 9.99. The number of hydrogen-bond donors (Lipinski definition) is 2. The topological polar surface area (TPSA) is 71.3 Å². The van der Waals surface area contributed by atoms with Crippen LogP contribution in [0.1, 0.15) is 46.3 Å². The largest absolute Gasteiger partial charge is 0.467 e. The van der Waals surface area contributed by atoms with Crippen LogP contribution in [-0.4, -0.2) is 17.9 Å². The molecule has 0 fully saturated rings. The van der Waals surface area contributed by atoms with Crippen molar-refractivity contribution in [1.82, 2.24) is 10.6 Å². The summed E-state index contributed by atoms with van der Waals surface area (Å²) in [6, 6.07) is 3.05. The summed E-state index contributed by atoms with van der Waals surface area (Å²) in [5, 5.41) is 5.67. The quantitative estimate of drug-likeness (QED) is 0.773. The number of hydrogen-bond acceptors (Lipinski definition) is 3. The van der Waals surface area contributed by atoms with Crippen molar-refractivity contribution in [2.45, 2.75) is 53.1 Å². The summed E-state index contributed by atoms with van der Waals surface area (Å²) >= 11 is 0. The zero-order valence-electron chi connectivity index (χ0n) is 13.3. The number of rotatable bonds is 8. The predicted molar refractivity (Wildman–Crippen MR) is 81.4 cm³/mol. The fraction of sp³-hybridized carbons (Fsp3) is 0.625. The Morgan fingerprint density at radius 3 is 2.33 bits per heavy atom. The molecule has 5 nitrogen and oxygen atoms in total. The average Bonchev–Trinajstić information content (AvgIpc) is 2.96. The van der Waals surface area contributed by atoms with Crippen molar-refractivity contribution >= 4 is 11.8 Å². The molecule has 2 amide bonds. The van der Waals surface area contributed by atoms with E-state index in [1.165, 1.54) is 0 Å². The molecular formula is C16H26N2O3. The molecule has 0 radical (unpaired) electrons. The van der Waals surface area contributed by atoms with Gasteiger partial charge in [-0.15, -0.1) is 0 Å². The van der Waals surface area contributed by atoms with Gasteiger partial charge in [0.25, 0.3) is 0 Å². The van der Waals surface area contributed by atoms with E-state index in [4.69, 9.17) is 4.42 Å². The fourth-order valence-electron chi connectivity index (χ4n) is 2.16. The maximum atomic E-state index is 12.2. The second-order valence-corrected chi connectivity index (χ2v) is 5.54. The molecule has 1 rings (SSSR count). The van der Waals surface area contributed by atoms with Gasteiger partial charge in [-0.2, -0.15) is 0 Å². The van der Waals surface area contributed by atoms with E-state index in [0.29, 0.717) is 12.3 Å². The van der Waals surface area contributed by atoms with Crippen molar-refractivity contribution in [3.05, 3.63) is 24.2 Å². The van der Waals surface area contributed by atoms with E-state index < -0.39 is 6.04 Å². The lowest BCUT2D eigenvalue weighted by Crippen LogP contribution is -2.50. The van der Waals surface area contributed by atoms with Gasteiger partial charge < -0.3 is 15.1 Å². The summed E-state index contributed by atoms with van der Waals surface area (Å²) in [4.78, 5) is 24.4. The van der Waals surface area contributed by atoms with Crippen LogP contribution in [0.15, 0.2) is 22.8 Å². The molecule has 0 bridgehead atoms. The third-order valence-corrected chi connectivity index (χ3v) is 3.62. The first kappa shape index (κ1) is 17.3. The van der Waals surface area contributed by atoms with Gasteiger partial charge in [0.1, 0.15) is 11.8 Å². The molecule has 0 spiro atoms. The summed E-state index contributed by atoms with van der Waals surface area (Å²) in [6.07, 6.45) is 3.12. The Bertz CT molecular complexity index is 436. The van der Waals surface area contributed by atoms with Crippen molar-refractivity contribution in [2.24, 2.45) is 11.8 Å². The zero-order valence-corrected chi connectivity index (χ0v) is 13.3. The number of carbonyl (C=O) groups excluding carboxylic acids is 2. The fourth-order valence-corrected chi connectivity index (χ4v) is 2.16. The zero-order chi connectivity index (χ0) is 15.8. The maximum absolute atomic E-state index is 12.2. The van der Waals surface area contributed by atoms with Gasteiger partial charge in [0.15, 0.2) is 0 Å². The van der Waals surface area contributed by atoms with E-state index in [1.54, 1.807) is 18.4 Å². The third-order valence-electron chi connectivity index (χ3n) is 3.62. The first-order chi connectivity index (χ1) is 9.99. The van der Waals surface area contributed by atoms with Crippen LogP contribution in [0.3, 0.4) is 0 Å². The second kappa shape index (κ2) is 8.49. The van der Waals surface area contributed by atoms with Crippen LogP contribution in [-0.2, 0) is 16.1 Å². The van der Waals surface area contributed by atoms with E-state index in [9.17, 15) is 9.59 Å². The molecule has 0 unspecified atom stereocenters. The van der Waals surface area contributed by atoms with Crippen LogP contribution >= 0.6 is 0 Å². The minimum Gasteiger partial charge on any atom is -0.467 e. The standard InChI is InChI=1S/C16H26N2O3/c1-5-12(6-2)15(19)18-14(11(3)4)16(20)17-10-13-8-7-9-21-13/h7-9,11-12,14H,5-6,10H2,1-4H3,(H,17,20)(H,18,19)/t14-/m1/s1. The molecule has 1 heterocycles. The van der Waals surface area contributed by atoms with Crippen molar-refractivity contribution in [3.63, 3.8) is 0 Å². The molecule has 5 heteroatoms. The molecule has 0 saturated heterocycles. The number of furan rings is 1. The molecule has 0 aliphatic rings. The Morgan fingerprint density at radius 1 is 1.19 bits per heavy atom. The number of nitrogens with one attached hydrogen (secondary N) is 2. The van der Waals surface area contributed by atoms with Gasteiger partial charge in [-0.1, -0.05) is 27.7 Å². The Balaban J connectivity index is 2.59. The van der Waals surface area contributed by atoms with Crippen LogP contribution < -0.4 is 10.6 Å². The first-order valence-electron chi connectivity index (χ1n) is 7.60. The monoisotopic (exact) mass is 294 g/mol. The van der Waals surface area contributed by atoms with Gasteiger partial charge >= 0.3 is 0 Å². The Hall–Kier alpha value is -1.78. The highest BCUT2D eigenvalue weighted by Crippen LogP contribution is 2.10. The van der Waals surface area contributed by atoms with Gasteiger partial charge in [0.2, 0.25) is 11.8 Å². The second-order valence-electron chi connectivity index (χ2n) is 5.54. The molecule has 0 aromatic carbocycles. The van der Waals surface area contributed by atoms with E-state index in [1.807, 2.05) is 27.7 Å².